The van der Waals surface area contributed by atoms with Crippen molar-refractivity contribution >= 4 is 11.7 Å². The maximum atomic E-state index is 12.6. The van der Waals surface area contributed by atoms with Crippen LogP contribution in [0.25, 0.3) is 5.76 Å². The Morgan fingerprint density at radius 1 is 0.765 bits per heavy atom. The normalized spacial score (nSPS) is 36.5. The molecule has 2 aromatic rings. The molecular weight excluding hydrogens is 428 g/mol. The van der Waals surface area contributed by atoms with E-state index in [0.717, 1.165) is 37.0 Å². The smallest absolute Gasteiger partial charge is 0.338 e. The summed E-state index contributed by atoms with van der Waals surface area (Å²) in [6.45, 7) is 5.36. The molecular formula is C29H30O5. The van der Waals surface area contributed by atoms with Gasteiger partial charge in [0.2, 0.25) is 0 Å². The van der Waals surface area contributed by atoms with Crippen molar-refractivity contribution in [1.82, 2.24) is 0 Å². The van der Waals surface area contributed by atoms with E-state index in [1.54, 1.807) is 0 Å². The number of esters is 1. The lowest BCUT2D eigenvalue weighted by molar-refractivity contribution is 0.0173. The van der Waals surface area contributed by atoms with Crippen LogP contribution >= 0.6 is 0 Å². The highest BCUT2D eigenvalue weighted by Gasteiger charge is 2.78. The van der Waals surface area contributed by atoms with Crippen molar-refractivity contribution in [3.8, 4) is 0 Å². The fraction of sp³-hybridized carbons (Fsp3) is 0.483. The molecule has 176 valence electrons. The Balaban J connectivity index is 1.03. The van der Waals surface area contributed by atoms with Gasteiger partial charge in [0.25, 0.3) is 0 Å². The first-order valence-electron chi connectivity index (χ1n) is 12.5. The summed E-state index contributed by atoms with van der Waals surface area (Å²) in [4.78, 5) is 12.6. The molecule has 3 aliphatic carbocycles. The number of carbonyl (C=O) groups is 1. The van der Waals surface area contributed by atoms with E-state index < -0.39 is 0 Å². The number of aryl methyl sites for hydroxylation is 2. The Morgan fingerprint density at radius 2 is 1.26 bits per heavy atom. The highest BCUT2D eigenvalue weighted by atomic mass is 16.6. The SMILES string of the molecule is Cc1ccc(C(=O)O[C@H]2C[C@@]23COC2C3OCC23CC3OC(=C2CC2)c2ccc(C)cc2)cc1. The molecule has 5 fully saturated rings. The number of allylic oxidation sites excluding steroid dienone is 1. The summed E-state index contributed by atoms with van der Waals surface area (Å²) in [6.07, 6.45) is 4.00. The quantitative estimate of drug-likeness (QED) is 0.466. The Hall–Kier alpha value is -2.63. The van der Waals surface area contributed by atoms with Gasteiger partial charge in [-0.1, -0.05) is 47.5 Å². The second kappa shape index (κ2) is 7.19. The summed E-state index contributed by atoms with van der Waals surface area (Å²) in [6, 6.07) is 16.2. The van der Waals surface area contributed by atoms with Crippen LogP contribution in [-0.2, 0) is 18.9 Å². The molecule has 0 bridgehead atoms. The largest absolute Gasteiger partial charge is 0.489 e. The summed E-state index contributed by atoms with van der Waals surface area (Å²) >= 11 is 0. The summed E-state index contributed by atoms with van der Waals surface area (Å²) in [5, 5.41) is 0. The molecule has 0 N–H and O–H groups in total. The van der Waals surface area contributed by atoms with Gasteiger partial charge in [-0.15, -0.1) is 0 Å². The lowest BCUT2D eigenvalue weighted by Crippen LogP contribution is -2.32. The van der Waals surface area contributed by atoms with E-state index in [4.69, 9.17) is 18.9 Å². The standard InChI is InChI=1S/C29H30O5/c1-17-3-7-19(8-4-17)24(20-11-12-20)33-22-13-28(22)15-31-26-25(28)32-16-29(26)14-23(29)34-27(30)21-9-5-18(2)6-10-21/h3-10,22-23,25-26H,11-16H2,1-2H3/t22?,23-,25?,26?,28?,29+/m0/s1. The van der Waals surface area contributed by atoms with E-state index in [1.807, 2.05) is 31.2 Å². The molecule has 0 amide bonds. The number of hydrogen-bond donors (Lipinski definition) is 0. The van der Waals surface area contributed by atoms with Crippen LogP contribution in [0.2, 0.25) is 0 Å². The fourth-order valence-electron chi connectivity index (χ4n) is 5.94. The maximum Gasteiger partial charge on any atom is 0.338 e. The van der Waals surface area contributed by atoms with Gasteiger partial charge in [-0.3, -0.25) is 0 Å². The molecule has 34 heavy (non-hydrogen) atoms. The number of benzene rings is 2. The van der Waals surface area contributed by atoms with Gasteiger partial charge in [0.05, 0.1) is 41.8 Å². The number of ether oxygens (including phenoxy) is 4. The monoisotopic (exact) mass is 458 g/mol. The van der Waals surface area contributed by atoms with Crippen LogP contribution in [0.4, 0.5) is 0 Å². The molecule has 2 saturated heterocycles. The van der Waals surface area contributed by atoms with Gasteiger partial charge in [-0.2, -0.15) is 0 Å². The fourth-order valence-corrected chi connectivity index (χ4v) is 5.94. The van der Waals surface area contributed by atoms with Gasteiger partial charge >= 0.3 is 5.97 Å². The van der Waals surface area contributed by atoms with E-state index in [0.29, 0.717) is 18.8 Å². The Labute approximate surface area is 200 Å². The van der Waals surface area contributed by atoms with Crippen molar-refractivity contribution in [2.75, 3.05) is 13.2 Å². The summed E-state index contributed by atoms with van der Waals surface area (Å²) in [5.41, 5.74) is 5.29. The molecule has 4 unspecified atom stereocenters. The molecule has 7 rings (SSSR count). The minimum absolute atomic E-state index is 0.0176. The number of fused-ring (bicyclic) bond motifs is 3. The summed E-state index contributed by atoms with van der Waals surface area (Å²) < 4.78 is 25.2. The van der Waals surface area contributed by atoms with Crippen LogP contribution in [0.1, 0.15) is 52.7 Å². The van der Waals surface area contributed by atoms with E-state index in [1.165, 1.54) is 16.7 Å². The first-order chi connectivity index (χ1) is 16.5. The number of rotatable bonds is 5. The minimum atomic E-state index is -0.260. The predicted octanol–water partition coefficient (Wildman–Crippen LogP) is 5.00. The van der Waals surface area contributed by atoms with Gasteiger partial charge in [-0.25, -0.2) is 4.79 Å². The molecule has 5 aliphatic rings. The van der Waals surface area contributed by atoms with Gasteiger partial charge in [0, 0.05) is 5.56 Å². The third-order valence-electron chi connectivity index (χ3n) is 8.50. The van der Waals surface area contributed by atoms with Crippen LogP contribution in [0, 0.1) is 24.7 Å². The van der Waals surface area contributed by atoms with E-state index >= 15 is 0 Å². The molecule has 2 aliphatic heterocycles. The van der Waals surface area contributed by atoms with Gasteiger partial charge < -0.3 is 18.9 Å². The molecule has 5 heteroatoms. The van der Waals surface area contributed by atoms with Crippen molar-refractivity contribution < 1.29 is 23.7 Å². The van der Waals surface area contributed by atoms with Crippen molar-refractivity contribution in [2.45, 2.75) is 63.9 Å². The van der Waals surface area contributed by atoms with Crippen LogP contribution in [0.15, 0.2) is 54.1 Å². The molecule has 0 radical (unpaired) electrons. The van der Waals surface area contributed by atoms with Gasteiger partial charge in [-0.05, 0) is 57.2 Å². The third-order valence-corrected chi connectivity index (χ3v) is 8.50. The molecule has 5 nitrogen and oxygen atoms in total. The molecule has 6 atom stereocenters. The van der Waals surface area contributed by atoms with Crippen molar-refractivity contribution in [1.29, 1.82) is 0 Å². The molecule has 0 aromatic heterocycles. The topological polar surface area (TPSA) is 54.0 Å². The van der Waals surface area contributed by atoms with Gasteiger partial charge in [0.15, 0.2) is 0 Å². The lowest BCUT2D eigenvalue weighted by atomic mass is 9.91. The zero-order chi connectivity index (χ0) is 23.1. The average molecular weight is 459 g/mol. The highest BCUT2D eigenvalue weighted by molar-refractivity contribution is 5.89. The van der Waals surface area contributed by atoms with E-state index in [9.17, 15) is 4.79 Å². The van der Waals surface area contributed by atoms with Crippen molar-refractivity contribution in [3.05, 3.63) is 76.4 Å². The average Bonchev–Trinajstić information content (AvgIpc) is 3.76. The van der Waals surface area contributed by atoms with Crippen LogP contribution in [0.5, 0.6) is 0 Å². The zero-order valence-electron chi connectivity index (χ0n) is 19.7. The van der Waals surface area contributed by atoms with Crippen molar-refractivity contribution in [3.63, 3.8) is 0 Å². The molecule has 2 aromatic carbocycles. The lowest BCUT2D eigenvalue weighted by Gasteiger charge is -2.18. The predicted molar refractivity (Wildman–Crippen MR) is 126 cm³/mol. The number of carbonyl (C=O) groups excluding carboxylic acids is 1. The highest BCUT2D eigenvalue weighted by Crippen LogP contribution is 2.68. The zero-order valence-corrected chi connectivity index (χ0v) is 19.7. The number of hydrogen-bond acceptors (Lipinski definition) is 5. The Morgan fingerprint density at radius 3 is 1.79 bits per heavy atom. The summed E-state index contributed by atoms with van der Waals surface area (Å²) in [7, 11) is 0. The van der Waals surface area contributed by atoms with E-state index in [2.05, 4.69) is 31.2 Å². The second-order valence-electron chi connectivity index (χ2n) is 11.0. The Bertz CT molecular complexity index is 1180. The van der Waals surface area contributed by atoms with Crippen molar-refractivity contribution in [2.24, 2.45) is 10.8 Å². The molecule has 2 spiro atoms. The van der Waals surface area contributed by atoms with Crippen LogP contribution < -0.4 is 0 Å². The molecule has 2 heterocycles. The van der Waals surface area contributed by atoms with Crippen LogP contribution in [0.3, 0.4) is 0 Å². The van der Waals surface area contributed by atoms with Crippen LogP contribution in [-0.4, -0.2) is 43.6 Å². The minimum Gasteiger partial charge on any atom is -0.489 e. The maximum absolute atomic E-state index is 12.6. The second-order valence-corrected chi connectivity index (χ2v) is 11.0. The van der Waals surface area contributed by atoms with Gasteiger partial charge in [0.1, 0.15) is 18.0 Å². The third kappa shape index (κ3) is 3.17. The summed E-state index contributed by atoms with van der Waals surface area (Å²) in [5.74, 6) is 0.804. The first-order valence-corrected chi connectivity index (χ1v) is 12.5. The van der Waals surface area contributed by atoms with E-state index in [-0.39, 0.29) is 41.2 Å². The first kappa shape index (κ1) is 20.7. The molecule has 3 saturated carbocycles. The Kier molecular flexibility index (Phi) is 4.38.